The van der Waals surface area contributed by atoms with Crippen molar-refractivity contribution in [2.24, 2.45) is 0 Å². The fraction of sp³-hybridized carbons (Fsp3) is 0.133. The van der Waals surface area contributed by atoms with Crippen LogP contribution in [0.5, 0.6) is 11.5 Å². The van der Waals surface area contributed by atoms with Gasteiger partial charge >= 0.3 is 0 Å². The van der Waals surface area contributed by atoms with E-state index < -0.39 is 29.1 Å². The summed E-state index contributed by atoms with van der Waals surface area (Å²) in [5.74, 6) is -2.63. The lowest BCUT2D eigenvalue weighted by atomic mass is 10.2. The number of hydrogen-bond acceptors (Lipinski definition) is 5. The summed E-state index contributed by atoms with van der Waals surface area (Å²) in [5.41, 5.74) is 0.0184. The van der Waals surface area contributed by atoms with E-state index in [-0.39, 0.29) is 22.9 Å². The molecule has 0 atom stereocenters. The van der Waals surface area contributed by atoms with Crippen LogP contribution in [-0.4, -0.2) is 24.5 Å². The summed E-state index contributed by atoms with van der Waals surface area (Å²) in [5, 5.41) is 13.1. The zero-order valence-electron chi connectivity index (χ0n) is 12.4. The highest BCUT2D eigenvalue weighted by atomic mass is 19.2. The molecule has 0 aliphatic carbocycles. The molecule has 1 amide bonds. The summed E-state index contributed by atoms with van der Waals surface area (Å²) in [6, 6.07) is 6.54. The van der Waals surface area contributed by atoms with E-state index in [2.05, 4.69) is 5.32 Å². The first-order valence-electron chi connectivity index (χ1n) is 6.61. The molecule has 2 aromatic rings. The number of nitro benzene ring substituents is 1. The first-order valence-corrected chi connectivity index (χ1v) is 6.61. The summed E-state index contributed by atoms with van der Waals surface area (Å²) in [6.07, 6.45) is 0. The standard InChI is InChI=1S/C15H12F2N2O5/c1-23-14-6-9(19(21)22)2-5-13(14)18-15(20)8-24-10-3-4-11(16)12(17)7-10/h2-7H,8H2,1H3,(H,18,20). The van der Waals surface area contributed by atoms with Gasteiger partial charge in [-0.2, -0.15) is 0 Å². The minimum atomic E-state index is -1.09. The predicted molar refractivity (Wildman–Crippen MR) is 80.1 cm³/mol. The number of non-ortho nitro benzene ring substituents is 1. The molecule has 0 spiro atoms. The van der Waals surface area contributed by atoms with E-state index in [9.17, 15) is 23.7 Å². The molecule has 2 aromatic carbocycles. The normalized spacial score (nSPS) is 10.1. The molecule has 0 unspecified atom stereocenters. The molecule has 0 aliphatic heterocycles. The van der Waals surface area contributed by atoms with Crippen LogP contribution in [0.2, 0.25) is 0 Å². The van der Waals surface area contributed by atoms with Gasteiger partial charge in [0, 0.05) is 12.1 Å². The van der Waals surface area contributed by atoms with Crippen molar-refractivity contribution in [2.75, 3.05) is 19.0 Å². The summed E-state index contributed by atoms with van der Waals surface area (Å²) in [6.45, 7) is -0.467. The van der Waals surface area contributed by atoms with Gasteiger partial charge in [-0.15, -0.1) is 0 Å². The van der Waals surface area contributed by atoms with E-state index in [4.69, 9.17) is 9.47 Å². The molecule has 0 aliphatic rings. The Balaban J connectivity index is 2.01. The number of anilines is 1. The van der Waals surface area contributed by atoms with Crippen LogP contribution in [0.15, 0.2) is 36.4 Å². The van der Waals surface area contributed by atoms with Gasteiger partial charge in [-0.25, -0.2) is 8.78 Å². The fourth-order valence-electron chi connectivity index (χ4n) is 1.80. The lowest BCUT2D eigenvalue weighted by Crippen LogP contribution is -2.20. The van der Waals surface area contributed by atoms with Crippen LogP contribution in [-0.2, 0) is 4.79 Å². The largest absolute Gasteiger partial charge is 0.494 e. The minimum absolute atomic E-state index is 0.0142. The number of halogens is 2. The summed E-state index contributed by atoms with van der Waals surface area (Å²) < 4.78 is 35.8. The van der Waals surface area contributed by atoms with Crippen molar-refractivity contribution in [3.05, 3.63) is 58.1 Å². The number of rotatable bonds is 6. The van der Waals surface area contributed by atoms with Gasteiger partial charge in [0.05, 0.1) is 23.8 Å². The highest BCUT2D eigenvalue weighted by Gasteiger charge is 2.14. The Labute approximate surface area is 135 Å². The van der Waals surface area contributed by atoms with Gasteiger partial charge in [-0.3, -0.25) is 14.9 Å². The fourth-order valence-corrected chi connectivity index (χ4v) is 1.80. The third-order valence-electron chi connectivity index (χ3n) is 2.93. The van der Waals surface area contributed by atoms with Crippen molar-refractivity contribution >= 4 is 17.3 Å². The number of ether oxygens (including phenoxy) is 2. The first-order chi connectivity index (χ1) is 11.4. The molecule has 24 heavy (non-hydrogen) atoms. The maximum atomic E-state index is 13.0. The lowest BCUT2D eigenvalue weighted by Gasteiger charge is -2.11. The van der Waals surface area contributed by atoms with Crippen LogP contribution in [0.3, 0.4) is 0 Å². The third-order valence-corrected chi connectivity index (χ3v) is 2.93. The van der Waals surface area contributed by atoms with Crippen molar-refractivity contribution in [3.63, 3.8) is 0 Å². The van der Waals surface area contributed by atoms with E-state index in [1.807, 2.05) is 0 Å². The molecule has 0 bridgehead atoms. The van der Waals surface area contributed by atoms with Gasteiger partial charge in [-0.05, 0) is 18.2 Å². The van der Waals surface area contributed by atoms with Gasteiger partial charge in [0.2, 0.25) is 0 Å². The van der Waals surface area contributed by atoms with Crippen LogP contribution < -0.4 is 14.8 Å². The van der Waals surface area contributed by atoms with Gasteiger partial charge in [-0.1, -0.05) is 0 Å². The number of nitrogens with one attached hydrogen (secondary N) is 1. The second kappa shape index (κ2) is 7.36. The molecule has 7 nitrogen and oxygen atoms in total. The smallest absolute Gasteiger partial charge is 0.273 e. The van der Waals surface area contributed by atoms with Crippen LogP contribution in [0.1, 0.15) is 0 Å². The van der Waals surface area contributed by atoms with Crippen LogP contribution >= 0.6 is 0 Å². The summed E-state index contributed by atoms with van der Waals surface area (Å²) >= 11 is 0. The Hall–Kier alpha value is -3.23. The van der Waals surface area contributed by atoms with E-state index in [1.54, 1.807) is 0 Å². The number of benzene rings is 2. The Morgan fingerprint density at radius 2 is 1.96 bits per heavy atom. The van der Waals surface area contributed by atoms with Gasteiger partial charge in [0.1, 0.15) is 11.5 Å². The second-order valence-corrected chi connectivity index (χ2v) is 4.55. The third kappa shape index (κ3) is 4.15. The quantitative estimate of drug-likeness (QED) is 0.646. The van der Waals surface area contributed by atoms with Crippen molar-refractivity contribution in [2.45, 2.75) is 0 Å². The Kier molecular flexibility index (Phi) is 5.25. The van der Waals surface area contributed by atoms with E-state index in [0.29, 0.717) is 0 Å². The molecule has 126 valence electrons. The number of amides is 1. The van der Waals surface area contributed by atoms with Crippen LogP contribution in [0.4, 0.5) is 20.2 Å². The molecule has 0 radical (unpaired) electrons. The first kappa shape index (κ1) is 17.1. The molecular formula is C15H12F2N2O5. The van der Waals surface area contributed by atoms with Crippen molar-refractivity contribution in [1.29, 1.82) is 0 Å². The zero-order valence-corrected chi connectivity index (χ0v) is 12.4. The Bertz CT molecular complexity index is 782. The predicted octanol–water partition coefficient (Wildman–Crippen LogP) is 2.90. The maximum absolute atomic E-state index is 13.0. The van der Waals surface area contributed by atoms with Crippen molar-refractivity contribution < 1.29 is 28.0 Å². The number of carbonyl (C=O) groups is 1. The monoisotopic (exact) mass is 338 g/mol. The second-order valence-electron chi connectivity index (χ2n) is 4.55. The van der Waals surface area contributed by atoms with E-state index in [1.165, 1.54) is 25.3 Å². The Morgan fingerprint density at radius 1 is 1.21 bits per heavy atom. The van der Waals surface area contributed by atoms with Crippen molar-refractivity contribution in [1.82, 2.24) is 0 Å². The van der Waals surface area contributed by atoms with Crippen molar-refractivity contribution in [3.8, 4) is 11.5 Å². The van der Waals surface area contributed by atoms with E-state index in [0.717, 1.165) is 18.2 Å². The molecule has 9 heteroatoms. The summed E-state index contributed by atoms with van der Waals surface area (Å²) in [4.78, 5) is 21.9. The SMILES string of the molecule is COc1cc([N+](=O)[O-])ccc1NC(=O)COc1ccc(F)c(F)c1. The zero-order chi connectivity index (χ0) is 17.7. The number of hydrogen-bond donors (Lipinski definition) is 1. The number of carbonyl (C=O) groups excluding carboxylic acids is 1. The Morgan fingerprint density at radius 3 is 2.58 bits per heavy atom. The molecule has 0 heterocycles. The molecule has 1 N–H and O–H groups in total. The number of methoxy groups -OCH3 is 1. The summed E-state index contributed by atoms with van der Waals surface area (Å²) in [7, 11) is 1.30. The number of nitrogens with zero attached hydrogens (tertiary/aromatic N) is 1. The molecule has 0 fully saturated rings. The van der Waals surface area contributed by atoms with Crippen LogP contribution in [0.25, 0.3) is 0 Å². The topological polar surface area (TPSA) is 90.7 Å². The maximum Gasteiger partial charge on any atom is 0.273 e. The van der Waals surface area contributed by atoms with Gasteiger partial charge in [0.15, 0.2) is 18.2 Å². The highest BCUT2D eigenvalue weighted by Crippen LogP contribution is 2.28. The minimum Gasteiger partial charge on any atom is -0.494 e. The van der Waals surface area contributed by atoms with Crippen LogP contribution in [0, 0.1) is 21.7 Å². The highest BCUT2D eigenvalue weighted by molar-refractivity contribution is 5.93. The number of nitro groups is 1. The molecule has 0 saturated carbocycles. The molecule has 0 saturated heterocycles. The van der Waals surface area contributed by atoms with Gasteiger partial charge in [0.25, 0.3) is 11.6 Å². The average molecular weight is 338 g/mol. The lowest BCUT2D eigenvalue weighted by molar-refractivity contribution is -0.384. The van der Waals surface area contributed by atoms with Gasteiger partial charge < -0.3 is 14.8 Å². The average Bonchev–Trinajstić information content (AvgIpc) is 2.56. The molecule has 2 rings (SSSR count). The molecular weight excluding hydrogens is 326 g/mol. The molecule has 0 aromatic heterocycles. The van der Waals surface area contributed by atoms with E-state index >= 15 is 0 Å².